The summed E-state index contributed by atoms with van der Waals surface area (Å²) < 4.78 is 0. The van der Waals surface area contributed by atoms with Gasteiger partial charge in [-0.2, -0.15) is 0 Å². The lowest BCUT2D eigenvalue weighted by Crippen LogP contribution is -2.05. The molecule has 0 fully saturated rings. The highest BCUT2D eigenvalue weighted by molar-refractivity contribution is 5.33. The van der Waals surface area contributed by atoms with E-state index in [1.807, 2.05) is 0 Å². The van der Waals surface area contributed by atoms with E-state index in [2.05, 4.69) is 52.8 Å². The van der Waals surface area contributed by atoms with Crippen LogP contribution in [0, 0.1) is 12.8 Å². The van der Waals surface area contributed by atoms with Crippen LogP contribution >= 0.6 is 0 Å². The number of aryl methyl sites for hydroxylation is 2. The molecule has 0 nitrogen and oxygen atoms in total. The van der Waals surface area contributed by atoms with E-state index in [-0.39, 0.29) is 0 Å². The predicted octanol–water partition coefficient (Wildman–Crippen LogP) is 5.10. The van der Waals surface area contributed by atoms with E-state index < -0.39 is 0 Å². The minimum absolute atomic E-state index is 0.680. The van der Waals surface area contributed by atoms with Gasteiger partial charge in [-0.15, -0.1) is 0 Å². The van der Waals surface area contributed by atoms with Crippen molar-refractivity contribution in [1.82, 2.24) is 0 Å². The molecule has 0 radical (unpaired) electrons. The Balaban J connectivity index is 2.87. The normalized spacial score (nSPS) is 14.8. The van der Waals surface area contributed by atoms with Crippen LogP contribution in [0.3, 0.4) is 0 Å². The van der Waals surface area contributed by atoms with Crippen LogP contribution in [0.5, 0.6) is 0 Å². The third-order valence-electron chi connectivity index (χ3n) is 3.91. The summed E-state index contributed by atoms with van der Waals surface area (Å²) in [5, 5.41) is 0. The second kappa shape index (κ2) is 6.08. The summed E-state index contributed by atoms with van der Waals surface area (Å²) in [6.45, 7) is 11.5. The average Bonchev–Trinajstić information content (AvgIpc) is 2.30. The molecule has 0 aliphatic carbocycles. The van der Waals surface area contributed by atoms with Crippen LogP contribution in [0.2, 0.25) is 0 Å². The average molecular weight is 218 g/mol. The third-order valence-corrected chi connectivity index (χ3v) is 3.91. The maximum Gasteiger partial charge on any atom is -0.0165 e. The van der Waals surface area contributed by atoms with E-state index in [4.69, 9.17) is 0 Å². The van der Waals surface area contributed by atoms with Crippen molar-refractivity contribution in [1.29, 1.82) is 0 Å². The van der Waals surface area contributed by atoms with Gasteiger partial charge in [0.2, 0.25) is 0 Å². The first-order valence-electron chi connectivity index (χ1n) is 6.69. The summed E-state index contributed by atoms with van der Waals surface area (Å²) in [6, 6.07) is 7.05. The third kappa shape index (κ3) is 3.10. The molecule has 0 aliphatic heterocycles. The van der Waals surface area contributed by atoms with Crippen molar-refractivity contribution in [3.63, 3.8) is 0 Å². The minimum atomic E-state index is 0.680. The van der Waals surface area contributed by atoms with Crippen LogP contribution in [0.1, 0.15) is 63.1 Å². The first-order chi connectivity index (χ1) is 7.60. The Morgan fingerprint density at radius 2 is 1.81 bits per heavy atom. The Hall–Kier alpha value is -0.780. The van der Waals surface area contributed by atoms with Gasteiger partial charge in [0.1, 0.15) is 0 Å². The van der Waals surface area contributed by atoms with Crippen LogP contribution in [-0.2, 0) is 6.42 Å². The minimum Gasteiger partial charge on any atom is -0.0651 e. The van der Waals surface area contributed by atoms with Crippen molar-refractivity contribution in [2.24, 2.45) is 5.92 Å². The van der Waals surface area contributed by atoms with E-state index in [1.165, 1.54) is 36.0 Å². The second-order valence-electron chi connectivity index (χ2n) is 5.11. The van der Waals surface area contributed by atoms with Crippen LogP contribution in [0.25, 0.3) is 0 Å². The van der Waals surface area contributed by atoms with E-state index in [1.54, 1.807) is 0 Å². The topological polar surface area (TPSA) is 0 Å². The maximum absolute atomic E-state index is 2.39. The predicted molar refractivity (Wildman–Crippen MR) is 73.0 cm³/mol. The van der Waals surface area contributed by atoms with Crippen LogP contribution < -0.4 is 0 Å². The molecule has 2 atom stereocenters. The van der Waals surface area contributed by atoms with Crippen molar-refractivity contribution < 1.29 is 0 Å². The summed E-state index contributed by atoms with van der Waals surface area (Å²) in [6.07, 6.45) is 3.71. The Morgan fingerprint density at radius 3 is 2.31 bits per heavy atom. The molecule has 0 amide bonds. The Kier molecular flexibility index (Phi) is 5.05. The van der Waals surface area contributed by atoms with E-state index >= 15 is 0 Å². The molecule has 2 unspecified atom stereocenters. The highest BCUT2D eigenvalue weighted by Crippen LogP contribution is 2.27. The van der Waals surface area contributed by atoms with Gasteiger partial charge in [-0.25, -0.2) is 0 Å². The zero-order valence-electron chi connectivity index (χ0n) is 11.5. The van der Waals surface area contributed by atoms with Gasteiger partial charge in [0.15, 0.2) is 0 Å². The quantitative estimate of drug-likeness (QED) is 0.645. The Labute approximate surface area is 101 Å². The van der Waals surface area contributed by atoms with E-state index in [0.717, 1.165) is 5.92 Å². The monoisotopic (exact) mass is 218 g/mol. The lowest BCUT2D eigenvalue weighted by molar-refractivity contribution is 0.473. The first-order valence-corrected chi connectivity index (χ1v) is 6.69. The number of hydrogen-bond acceptors (Lipinski definition) is 0. The summed E-state index contributed by atoms with van der Waals surface area (Å²) in [4.78, 5) is 0. The molecule has 0 saturated heterocycles. The SMILES string of the molecule is CCCc1ccc(C(C)C(C)CC)cc1C. The number of hydrogen-bond donors (Lipinski definition) is 0. The second-order valence-corrected chi connectivity index (χ2v) is 5.11. The first kappa shape index (κ1) is 13.3. The smallest absolute Gasteiger partial charge is 0.0165 e. The van der Waals surface area contributed by atoms with Gasteiger partial charge >= 0.3 is 0 Å². The highest BCUT2D eigenvalue weighted by Gasteiger charge is 2.13. The fourth-order valence-corrected chi connectivity index (χ4v) is 2.23. The molecule has 1 aromatic rings. The molecule has 0 saturated carbocycles. The van der Waals surface area contributed by atoms with Crippen molar-refractivity contribution in [3.05, 3.63) is 34.9 Å². The van der Waals surface area contributed by atoms with Gasteiger partial charge in [-0.3, -0.25) is 0 Å². The van der Waals surface area contributed by atoms with Crippen LogP contribution in [0.15, 0.2) is 18.2 Å². The molecule has 0 aliphatic rings. The van der Waals surface area contributed by atoms with Crippen LogP contribution in [-0.4, -0.2) is 0 Å². The van der Waals surface area contributed by atoms with Crippen molar-refractivity contribution in [3.8, 4) is 0 Å². The summed E-state index contributed by atoms with van der Waals surface area (Å²) in [5.41, 5.74) is 4.49. The standard InChI is InChI=1S/C16H26/c1-6-8-15-9-10-16(11-13(15)4)14(5)12(3)7-2/h9-12,14H,6-8H2,1-5H3. The summed E-state index contributed by atoms with van der Waals surface area (Å²) in [5.74, 6) is 1.45. The zero-order valence-corrected chi connectivity index (χ0v) is 11.5. The van der Waals surface area contributed by atoms with Crippen molar-refractivity contribution >= 4 is 0 Å². The van der Waals surface area contributed by atoms with Gasteiger partial charge in [0.25, 0.3) is 0 Å². The summed E-state index contributed by atoms with van der Waals surface area (Å²) >= 11 is 0. The van der Waals surface area contributed by atoms with Crippen LogP contribution in [0.4, 0.5) is 0 Å². The van der Waals surface area contributed by atoms with E-state index in [0.29, 0.717) is 5.92 Å². The molecule has 0 bridgehead atoms. The van der Waals surface area contributed by atoms with Gasteiger partial charge < -0.3 is 0 Å². The maximum atomic E-state index is 2.39. The van der Waals surface area contributed by atoms with Gasteiger partial charge in [-0.05, 0) is 41.9 Å². The molecule has 90 valence electrons. The molecule has 0 N–H and O–H groups in total. The molecule has 0 aromatic heterocycles. The summed E-state index contributed by atoms with van der Waals surface area (Å²) in [7, 11) is 0. The van der Waals surface area contributed by atoms with E-state index in [9.17, 15) is 0 Å². The lowest BCUT2D eigenvalue weighted by atomic mass is 9.85. The fourth-order valence-electron chi connectivity index (χ4n) is 2.23. The van der Waals surface area contributed by atoms with Gasteiger partial charge in [-0.1, -0.05) is 58.7 Å². The zero-order chi connectivity index (χ0) is 12.1. The fraction of sp³-hybridized carbons (Fsp3) is 0.625. The Morgan fingerprint density at radius 1 is 1.12 bits per heavy atom. The lowest BCUT2D eigenvalue weighted by Gasteiger charge is -2.20. The largest absolute Gasteiger partial charge is 0.0651 e. The molecular weight excluding hydrogens is 192 g/mol. The van der Waals surface area contributed by atoms with Crippen molar-refractivity contribution in [2.45, 2.75) is 59.8 Å². The van der Waals surface area contributed by atoms with Crippen molar-refractivity contribution in [2.75, 3.05) is 0 Å². The van der Waals surface area contributed by atoms with Gasteiger partial charge in [0, 0.05) is 0 Å². The molecular formula is C16H26. The highest BCUT2D eigenvalue weighted by atomic mass is 14.2. The number of rotatable bonds is 5. The molecule has 0 spiro atoms. The molecule has 1 aromatic carbocycles. The van der Waals surface area contributed by atoms with Gasteiger partial charge in [0.05, 0.1) is 0 Å². The Bertz CT molecular complexity index is 325. The molecule has 1 rings (SSSR count). The molecule has 0 heterocycles. The molecule has 16 heavy (non-hydrogen) atoms. The molecule has 0 heteroatoms. The number of benzene rings is 1.